The molecule has 2 nitrogen and oxygen atoms in total. The van der Waals surface area contributed by atoms with Crippen molar-refractivity contribution in [1.82, 2.24) is 4.98 Å². The molecule has 0 aliphatic rings. The van der Waals surface area contributed by atoms with Crippen LogP contribution < -0.4 is 5.73 Å². The zero-order valence-electron chi connectivity index (χ0n) is 8.38. The summed E-state index contributed by atoms with van der Waals surface area (Å²) in [7, 11) is 0. The van der Waals surface area contributed by atoms with Gasteiger partial charge in [-0.1, -0.05) is 19.9 Å². The monoisotopic (exact) mass is 178 g/mol. The normalized spacial score (nSPS) is 12.5. The standard InChI is InChI=1S/C11H18N2/c1-9(2)11(4-3-6-12)10-5-7-13-8-10/h4-5,7-9,13H,3,6,12H2,1-2H3/b11-4+. The Morgan fingerprint density at radius 3 is 2.85 bits per heavy atom. The first-order chi connectivity index (χ1) is 6.25. The highest BCUT2D eigenvalue weighted by atomic mass is 14.6. The highest BCUT2D eigenvalue weighted by Crippen LogP contribution is 2.22. The van der Waals surface area contributed by atoms with Gasteiger partial charge in [0.1, 0.15) is 0 Å². The Bertz CT molecular complexity index is 258. The Morgan fingerprint density at radius 1 is 1.62 bits per heavy atom. The molecule has 1 rings (SSSR count). The molecule has 1 aromatic rings. The highest BCUT2D eigenvalue weighted by molar-refractivity contribution is 5.66. The summed E-state index contributed by atoms with van der Waals surface area (Å²) >= 11 is 0. The van der Waals surface area contributed by atoms with Crippen LogP contribution in [0.5, 0.6) is 0 Å². The molecule has 0 spiro atoms. The van der Waals surface area contributed by atoms with Gasteiger partial charge < -0.3 is 10.7 Å². The Kier molecular flexibility index (Phi) is 3.77. The summed E-state index contributed by atoms with van der Waals surface area (Å²) in [5, 5.41) is 0. The number of H-pyrrole nitrogens is 1. The second-order valence-corrected chi connectivity index (χ2v) is 3.49. The summed E-state index contributed by atoms with van der Waals surface area (Å²) in [6.07, 6.45) is 7.17. The van der Waals surface area contributed by atoms with E-state index in [0.717, 1.165) is 13.0 Å². The zero-order valence-corrected chi connectivity index (χ0v) is 8.38. The molecule has 0 unspecified atom stereocenters. The number of hydrogen-bond acceptors (Lipinski definition) is 1. The van der Waals surface area contributed by atoms with Gasteiger partial charge in [0.2, 0.25) is 0 Å². The van der Waals surface area contributed by atoms with Gasteiger partial charge in [-0.25, -0.2) is 0 Å². The molecule has 0 bridgehead atoms. The van der Waals surface area contributed by atoms with E-state index in [2.05, 4.69) is 31.0 Å². The molecular formula is C11H18N2. The van der Waals surface area contributed by atoms with Gasteiger partial charge in [0.05, 0.1) is 0 Å². The van der Waals surface area contributed by atoms with E-state index in [1.54, 1.807) is 0 Å². The molecule has 0 aliphatic carbocycles. The van der Waals surface area contributed by atoms with Crippen molar-refractivity contribution in [2.75, 3.05) is 6.54 Å². The second kappa shape index (κ2) is 4.87. The van der Waals surface area contributed by atoms with E-state index in [9.17, 15) is 0 Å². The Labute approximate surface area is 79.8 Å². The van der Waals surface area contributed by atoms with E-state index in [-0.39, 0.29) is 0 Å². The first-order valence-electron chi connectivity index (χ1n) is 4.79. The number of hydrogen-bond donors (Lipinski definition) is 2. The van der Waals surface area contributed by atoms with Gasteiger partial charge in [-0.3, -0.25) is 0 Å². The summed E-state index contributed by atoms with van der Waals surface area (Å²) in [6, 6.07) is 2.10. The van der Waals surface area contributed by atoms with Crippen molar-refractivity contribution in [1.29, 1.82) is 0 Å². The van der Waals surface area contributed by atoms with Gasteiger partial charge in [-0.05, 0) is 36.1 Å². The molecule has 13 heavy (non-hydrogen) atoms. The first-order valence-corrected chi connectivity index (χ1v) is 4.79. The van der Waals surface area contributed by atoms with Gasteiger partial charge in [-0.2, -0.15) is 0 Å². The van der Waals surface area contributed by atoms with Crippen LogP contribution in [0.15, 0.2) is 24.5 Å². The van der Waals surface area contributed by atoms with E-state index in [0.29, 0.717) is 5.92 Å². The van der Waals surface area contributed by atoms with Gasteiger partial charge in [0, 0.05) is 12.4 Å². The maximum atomic E-state index is 5.48. The van der Waals surface area contributed by atoms with Crippen LogP contribution >= 0.6 is 0 Å². The lowest BCUT2D eigenvalue weighted by atomic mass is 9.96. The minimum Gasteiger partial charge on any atom is -0.367 e. The predicted octanol–water partition coefficient (Wildman–Crippen LogP) is 2.40. The van der Waals surface area contributed by atoms with E-state index in [1.807, 2.05) is 12.4 Å². The molecule has 1 heterocycles. The molecule has 3 N–H and O–H groups in total. The molecular weight excluding hydrogens is 160 g/mol. The number of rotatable bonds is 4. The molecule has 2 heteroatoms. The quantitative estimate of drug-likeness (QED) is 0.730. The van der Waals surface area contributed by atoms with Crippen LogP contribution in [0.1, 0.15) is 25.8 Å². The third-order valence-electron chi connectivity index (χ3n) is 2.08. The summed E-state index contributed by atoms with van der Waals surface area (Å²) < 4.78 is 0. The molecule has 0 saturated heterocycles. The summed E-state index contributed by atoms with van der Waals surface area (Å²) in [6.45, 7) is 5.13. The molecule has 1 aromatic heterocycles. The number of aromatic amines is 1. The van der Waals surface area contributed by atoms with Crippen molar-refractivity contribution < 1.29 is 0 Å². The predicted molar refractivity (Wildman–Crippen MR) is 57.3 cm³/mol. The SMILES string of the molecule is CC(C)/C(=C\CCN)c1cc[nH]c1. The van der Waals surface area contributed by atoms with Crippen LogP contribution in [0.4, 0.5) is 0 Å². The summed E-state index contributed by atoms with van der Waals surface area (Å²) in [5.74, 6) is 0.558. The van der Waals surface area contributed by atoms with Crippen molar-refractivity contribution in [3.63, 3.8) is 0 Å². The van der Waals surface area contributed by atoms with E-state index in [1.165, 1.54) is 11.1 Å². The van der Waals surface area contributed by atoms with Crippen LogP contribution in [-0.4, -0.2) is 11.5 Å². The molecule has 0 aromatic carbocycles. The van der Waals surface area contributed by atoms with Crippen molar-refractivity contribution >= 4 is 5.57 Å². The third kappa shape index (κ3) is 2.74. The molecule has 0 atom stereocenters. The molecule has 0 saturated carbocycles. The minimum absolute atomic E-state index is 0.558. The first kappa shape index (κ1) is 10.1. The van der Waals surface area contributed by atoms with E-state index >= 15 is 0 Å². The lowest BCUT2D eigenvalue weighted by Crippen LogP contribution is -1.98. The maximum absolute atomic E-state index is 5.48. The van der Waals surface area contributed by atoms with Crippen molar-refractivity contribution in [2.24, 2.45) is 11.7 Å². The van der Waals surface area contributed by atoms with E-state index < -0.39 is 0 Å². The Hall–Kier alpha value is -1.02. The number of nitrogens with one attached hydrogen (secondary N) is 1. The number of allylic oxidation sites excluding steroid dienone is 1. The number of nitrogens with two attached hydrogens (primary N) is 1. The van der Waals surface area contributed by atoms with Crippen LogP contribution in [0.3, 0.4) is 0 Å². The lowest BCUT2D eigenvalue weighted by Gasteiger charge is -2.09. The topological polar surface area (TPSA) is 41.8 Å². The minimum atomic E-state index is 0.558. The van der Waals surface area contributed by atoms with Crippen LogP contribution in [-0.2, 0) is 0 Å². The maximum Gasteiger partial charge on any atom is 0.00808 e. The molecule has 72 valence electrons. The average Bonchev–Trinajstić information content (AvgIpc) is 2.57. The average molecular weight is 178 g/mol. The molecule has 0 radical (unpaired) electrons. The fourth-order valence-electron chi connectivity index (χ4n) is 1.43. The Morgan fingerprint density at radius 2 is 2.38 bits per heavy atom. The fraction of sp³-hybridized carbons (Fsp3) is 0.455. The van der Waals surface area contributed by atoms with Crippen molar-refractivity contribution in [3.05, 3.63) is 30.1 Å². The van der Waals surface area contributed by atoms with Crippen molar-refractivity contribution in [2.45, 2.75) is 20.3 Å². The number of aromatic nitrogens is 1. The van der Waals surface area contributed by atoms with Gasteiger partial charge >= 0.3 is 0 Å². The van der Waals surface area contributed by atoms with Gasteiger partial charge in [0.15, 0.2) is 0 Å². The largest absolute Gasteiger partial charge is 0.367 e. The molecule has 0 amide bonds. The second-order valence-electron chi connectivity index (χ2n) is 3.49. The van der Waals surface area contributed by atoms with Crippen molar-refractivity contribution in [3.8, 4) is 0 Å². The van der Waals surface area contributed by atoms with E-state index in [4.69, 9.17) is 5.73 Å². The smallest absolute Gasteiger partial charge is 0.00808 e. The zero-order chi connectivity index (χ0) is 9.68. The van der Waals surface area contributed by atoms with Gasteiger partial charge in [-0.15, -0.1) is 0 Å². The highest BCUT2D eigenvalue weighted by Gasteiger charge is 2.05. The lowest BCUT2D eigenvalue weighted by molar-refractivity contribution is 0.847. The molecule has 0 aliphatic heterocycles. The van der Waals surface area contributed by atoms with Crippen LogP contribution in [0.2, 0.25) is 0 Å². The van der Waals surface area contributed by atoms with Crippen LogP contribution in [0.25, 0.3) is 5.57 Å². The molecule has 0 fully saturated rings. The van der Waals surface area contributed by atoms with Crippen LogP contribution in [0, 0.1) is 5.92 Å². The van der Waals surface area contributed by atoms with Gasteiger partial charge in [0.25, 0.3) is 0 Å². The Balaban J connectivity index is 2.80. The third-order valence-corrected chi connectivity index (χ3v) is 2.08. The fourth-order valence-corrected chi connectivity index (χ4v) is 1.43. The summed E-state index contributed by atoms with van der Waals surface area (Å²) in [4.78, 5) is 3.07. The summed E-state index contributed by atoms with van der Waals surface area (Å²) in [5.41, 5.74) is 8.14.